The molecule has 0 aliphatic rings. The fourth-order valence-corrected chi connectivity index (χ4v) is 4.70. The van der Waals surface area contributed by atoms with Crippen LogP contribution in [0.3, 0.4) is 0 Å². The maximum Gasteiger partial charge on any atom is 0.226 e. The van der Waals surface area contributed by atoms with Crippen molar-refractivity contribution >= 4 is 34.1 Å². The molecule has 0 spiro atoms. The molecule has 0 unspecified atom stereocenters. The number of aromatic nitrogens is 2. The second-order valence-corrected chi connectivity index (χ2v) is 8.88. The summed E-state index contributed by atoms with van der Waals surface area (Å²) in [7, 11) is 1.62. The van der Waals surface area contributed by atoms with Gasteiger partial charge in [-0.05, 0) is 36.4 Å². The van der Waals surface area contributed by atoms with Crippen LogP contribution in [0.1, 0.15) is 12.0 Å². The number of methoxy groups -OCH3 is 1. The first kappa shape index (κ1) is 22.5. The summed E-state index contributed by atoms with van der Waals surface area (Å²) in [6.45, 7) is 0. The molecule has 1 amide bonds. The Morgan fingerprint density at radius 2 is 1.79 bits per heavy atom. The Kier molecular flexibility index (Phi) is 7.35. The third-order valence-electron chi connectivity index (χ3n) is 4.75. The zero-order valence-corrected chi connectivity index (χ0v) is 19.5. The summed E-state index contributed by atoms with van der Waals surface area (Å²) >= 11 is 2.79. The van der Waals surface area contributed by atoms with E-state index in [1.54, 1.807) is 13.2 Å². The van der Waals surface area contributed by atoms with Gasteiger partial charge in [0.25, 0.3) is 0 Å². The van der Waals surface area contributed by atoms with Crippen LogP contribution in [0.2, 0.25) is 0 Å². The van der Waals surface area contributed by atoms with Crippen molar-refractivity contribution in [1.29, 1.82) is 5.26 Å². The van der Waals surface area contributed by atoms with Crippen LogP contribution in [0, 0.1) is 11.3 Å². The molecule has 6 nitrogen and oxygen atoms in total. The zero-order valence-electron chi connectivity index (χ0n) is 17.8. The van der Waals surface area contributed by atoms with Gasteiger partial charge in [0.05, 0.1) is 24.1 Å². The zero-order chi connectivity index (χ0) is 23.0. The quantitative estimate of drug-likeness (QED) is 0.323. The summed E-state index contributed by atoms with van der Waals surface area (Å²) in [5, 5.41) is 15.4. The highest BCUT2D eigenvalue weighted by molar-refractivity contribution is 7.99. The van der Waals surface area contributed by atoms with E-state index in [2.05, 4.69) is 21.4 Å². The molecule has 0 aliphatic heterocycles. The van der Waals surface area contributed by atoms with E-state index in [1.165, 1.54) is 23.1 Å². The first-order valence-corrected chi connectivity index (χ1v) is 12.0. The first-order chi connectivity index (χ1) is 16.2. The van der Waals surface area contributed by atoms with Gasteiger partial charge in [-0.2, -0.15) is 5.26 Å². The summed E-state index contributed by atoms with van der Waals surface area (Å²) in [4.78, 5) is 21.5. The van der Waals surface area contributed by atoms with Gasteiger partial charge in [-0.25, -0.2) is 9.97 Å². The molecule has 164 valence electrons. The average molecular weight is 473 g/mol. The Morgan fingerprint density at radius 3 is 2.52 bits per heavy atom. The minimum Gasteiger partial charge on any atom is -0.497 e. The number of nitriles is 1. The fraction of sp³-hybridized carbons (Fsp3) is 0.120. The van der Waals surface area contributed by atoms with Crippen LogP contribution in [0.5, 0.6) is 5.75 Å². The number of carbonyl (C=O) groups excluding carboxylic acids is 1. The Hall–Kier alpha value is -3.67. The van der Waals surface area contributed by atoms with Gasteiger partial charge in [0.1, 0.15) is 16.8 Å². The van der Waals surface area contributed by atoms with Crippen molar-refractivity contribution in [2.24, 2.45) is 0 Å². The van der Waals surface area contributed by atoms with Crippen LogP contribution >= 0.6 is 23.1 Å². The van der Waals surface area contributed by atoms with Gasteiger partial charge in [-0.1, -0.05) is 30.3 Å². The van der Waals surface area contributed by atoms with Crippen molar-refractivity contribution in [3.8, 4) is 34.3 Å². The van der Waals surface area contributed by atoms with Gasteiger partial charge < -0.3 is 10.1 Å². The molecule has 0 saturated heterocycles. The van der Waals surface area contributed by atoms with Crippen molar-refractivity contribution in [2.75, 3.05) is 18.2 Å². The van der Waals surface area contributed by atoms with Crippen LogP contribution in [0.4, 0.5) is 5.13 Å². The topological polar surface area (TPSA) is 87.9 Å². The van der Waals surface area contributed by atoms with Gasteiger partial charge in [0.2, 0.25) is 5.91 Å². The first-order valence-electron chi connectivity index (χ1n) is 10.2. The smallest absolute Gasteiger partial charge is 0.226 e. The van der Waals surface area contributed by atoms with E-state index in [9.17, 15) is 10.1 Å². The maximum absolute atomic E-state index is 12.4. The third-order valence-corrected chi connectivity index (χ3v) is 6.51. The molecule has 2 heterocycles. The predicted octanol–water partition coefficient (Wildman–Crippen LogP) is 5.87. The fourth-order valence-electron chi connectivity index (χ4n) is 3.05. The van der Waals surface area contributed by atoms with E-state index in [-0.39, 0.29) is 12.3 Å². The summed E-state index contributed by atoms with van der Waals surface area (Å²) < 4.78 is 5.20. The summed E-state index contributed by atoms with van der Waals surface area (Å²) in [5.41, 5.74) is 4.03. The van der Waals surface area contributed by atoms with E-state index in [0.29, 0.717) is 21.5 Å². The second-order valence-electron chi connectivity index (χ2n) is 6.94. The second kappa shape index (κ2) is 10.8. The molecule has 0 radical (unpaired) electrons. The number of ether oxygens (including phenoxy) is 1. The van der Waals surface area contributed by atoms with E-state index >= 15 is 0 Å². The Bertz CT molecular complexity index is 1280. The molecule has 0 atom stereocenters. The molecule has 33 heavy (non-hydrogen) atoms. The molecule has 1 N–H and O–H groups in total. The molecule has 0 fully saturated rings. The number of thiazole rings is 1. The number of thioether (sulfide) groups is 1. The largest absolute Gasteiger partial charge is 0.497 e. The Balaban J connectivity index is 1.36. The lowest BCUT2D eigenvalue weighted by Crippen LogP contribution is -2.12. The van der Waals surface area contributed by atoms with Gasteiger partial charge in [-0.15, -0.1) is 23.1 Å². The number of hydrogen-bond acceptors (Lipinski definition) is 7. The monoisotopic (exact) mass is 472 g/mol. The number of benzene rings is 2. The van der Waals surface area contributed by atoms with Crippen LogP contribution in [-0.4, -0.2) is 28.7 Å². The number of nitrogens with zero attached hydrogens (tertiary/aromatic N) is 3. The van der Waals surface area contributed by atoms with Gasteiger partial charge in [0, 0.05) is 28.7 Å². The number of anilines is 1. The van der Waals surface area contributed by atoms with E-state index in [0.717, 1.165) is 28.3 Å². The summed E-state index contributed by atoms with van der Waals surface area (Å²) in [5.74, 6) is 1.14. The molecule has 2 aromatic heterocycles. The Labute approximate surface area is 200 Å². The van der Waals surface area contributed by atoms with Crippen LogP contribution in [-0.2, 0) is 4.79 Å². The highest BCUT2D eigenvalue weighted by Gasteiger charge is 2.11. The number of pyridine rings is 1. The summed E-state index contributed by atoms with van der Waals surface area (Å²) in [6, 6.07) is 23.2. The standard InChI is InChI=1S/C25H20N4O2S2/c1-31-20-10-7-18(8-11-20)21-12-9-19(15-26)24(27-21)32-14-13-23(30)29-25-28-22(16-33-25)17-5-3-2-4-6-17/h2-12,16H,13-14H2,1H3,(H,28,29,30). The summed E-state index contributed by atoms with van der Waals surface area (Å²) in [6.07, 6.45) is 0.282. The van der Waals surface area contributed by atoms with Crippen molar-refractivity contribution < 1.29 is 9.53 Å². The number of nitrogens with one attached hydrogen (secondary N) is 1. The van der Waals surface area contributed by atoms with Crippen LogP contribution < -0.4 is 10.1 Å². The molecular formula is C25H20N4O2S2. The van der Waals surface area contributed by atoms with Crippen LogP contribution in [0.15, 0.2) is 77.1 Å². The number of carbonyl (C=O) groups is 1. The third kappa shape index (κ3) is 5.77. The average Bonchev–Trinajstić information content (AvgIpc) is 3.33. The maximum atomic E-state index is 12.4. The SMILES string of the molecule is COc1ccc(-c2ccc(C#N)c(SCCC(=O)Nc3nc(-c4ccccc4)cs3)n2)cc1. The lowest BCUT2D eigenvalue weighted by Gasteiger charge is -2.07. The van der Waals surface area contributed by atoms with Gasteiger partial charge in [0.15, 0.2) is 5.13 Å². The van der Waals surface area contributed by atoms with E-state index < -0.39 is 0 Å². The molecule has 8 heteroatoms. The molecule has 4 aromatic rings. The minimum absolute atomic E-state index is 0.124. The molecular weight excluding hydrogens is 452 g/mol. The molecule has 0 saturated carbocycles. The highest BCUT2D eigenvalue weighted by Crippen LogP contribution is 2.28. The van der Waals surface area contributed by atoms with Crippen molar-refractivity contribution in [3.05, 3.63) is 77.7 Å². The Morgan fingerprint density at radius 1 is 1.03 bits per heavy atom. The van der Waals surface area contributed by atoms with Gasteiger partial charge >= 0.3 is 0 Å². The number of amides is 1. The van der Waals surface area contributed by atoms with Crippen LogP contribution in [0.25, 0.3) is 22.5 Å². The molecule has 0 bridgehead atoms. The van der Waals surface area contributed by atoms with E-state index in [4.69, 9.17) is 4.74 Å². The number of rotatable bonds is 8. The normalized spacial score (nSPS) is 10.4. The lowest BCUT2D eigenvalue weighted by atomic mass is 10.1. The molecule has 0 aliphatic carbocycles. The minimum atomic E-state index is -0.124. The van der Waals surface area contributed by atoms with Gasteiger partial charge in [-0.3, -0.25) is 4.79 Å². The lowest BCUT2D eigenvalue weighted by molar-refractivity contribution is -0.115. The molecule has 4 rings (SSSR count). The van der Waals surface area contributed by atoms with E-state index in [1.807, 2.05) is 66.0 Å². The van der Waals surface area contributed by atoms with Crippen molar-refractivity contribution in [2.45, 2.75) is 11.4 Å². The predicted molar refractivity (Wildman–Crippen MR) is 132 cm³/mol. The van der Waals surface area contributed by atoms with Crippen molar-refractivity contribution in [3.63, 3.8) is 0 Å². The van der Waals surface area contributed by atoms with Crippen molar-refractivity contribution in [1.82, 2.24) is 9.97 Å². The number of hydrogen-bond donors (Lipinski definition) is 1. The highest BCUT2D eigenvalue weighted by atomic mass is 32.2. The molecule has 2 aromatic carbocycles.